The van der Waals surface area contributed by atoms with Crippen molar-refractivity contribution in [3.05, 3.63) is 41.0 Å². The molecule has 0 aliphatic carbocycles. The zero-order chi connectivity index (χ0) is 11.7. The maximum Gasteiger partial charge on any atom is 0.157 e. The van der Waals surface area contributed by atoms with Gasteiger partial charge in [0.05, 0.1) is 5.57 Å². The molecule has 4 heteroatoms. The number of nitrogens with zero attached hydrogens (tertiary/aromatic N) is 2. The summed E-state index contributed by atoms with van der Waals surface area (Å²) in [6.45, 7) is 4.02. The Bertz CT molecular complexity index is 486. The standard InChI is InChI=1S/C12H14N4/c1-7-3-5-9(6-4-7)8(2)10-11(13)15-16-12(10)14/h3-6H,1-2H3,(H2,13,15)(H2,14,16). The molecule has 0 saturated carbocycles. The minimum atomic E-state index is 0.385. The molecule has 0 unspecified atom stereocenters. The Hall–Kier alpha value is -2.10. The number of rotatable bonds is 1. The van der Waals surface area contributed by atoms with Gasteiger partial charge in [0.2, 0.25) is 0 Å². The smallest absolute Gasteiger partial charge is 0.157 e. The second-order valence-electron chi connectivity index (χ2n) is 3.84. The molecular weight excluding hydrogens is 200 g/mol. The average Bonchev–Trinajstić information content (AvgIpc) is 2.59. The van der Waals surface area contributed by atoms with E-state index in [0.717, 1.165) is 16.7 Å². The molecule has 0 aromatic heterocycles. The molecule has 1 aliphatic rings. The molecule has 0 fully saturated rings. The third kappa shape index (κ3) is 1.69. The fourth-order valence-electron chi connectivity index (χ4n) is 1.67. The Morgan fingerprint density at radius 3 is 2.00 bits per heavy atom. The highest BCUT2D eigenvalue weighted by Crippen LogP contribution is 2.21. The quantitative estimate of drug-likeness (QED) is 0.741. The van der Waals surface area contributed by atoms with Crippen molar-refractivity contribution in [1.82, 2.24) is 0 Å². The van der Waals surface area contributed by atoms with Gasteiger partial charge in [-0.05, 0) is 25.0 Å². The number of nitrogens with two attached hydrogens (primary N) is 2. The van der Waals surface area contributed by atoms with Crippen LogP contribution in [-0.2, 0) is 0 Å². The van der Waals surface area contributed by atoms with E-state index in [9.17, 15) is 0 Å². The monoisotopic (exact) mass is 214 g/mol. The van der Waals surface area contributed by atoms with Gasteiger partial charge in [-0.15, -0.1) is 10.2 Å². The van der Waals surface area contributed by atoms with Crippen LogP contribution in [0, 0.1) is 6.92 Å². The molecule has 82 valence electrons. The van der Waals surface area contributed by atoms with Gasteiger partial charge in [0.1, 0.15) is 0 Å². The zero-order valence-electron chi connectivity index (χ0n) is 9.36. The van der Waals surface area contributed by atoms with E-state index in [0.29, 0.717) is 11.7 Å². The van der Waals surface area contributed by atoms with E-state index in [1.807, 2.05) is 26.0 Å². The second kappa shape index (κ2) is 3.81. The van der Waals surface area contributed by atoms with Crippen molar-refractivity contribution >= 4 is 17.2 Å². The number of aryl methyl sites for hydroxylation is 1. The molecule has 0 saturated heterocycles. The maximum absolute atomic E-state index is 5.74. The van der Waals surface area contributed by atoms with E-state index in [1.165, 1.54) is 5.56 Å². The molecular formula is C12H14N4. The Balaban J connectivity index is 2.49. The first-order chi connectivity index (χ1) is 7.59. The number of amidine groups is 2. The molecule has 0 bridgehead atoms. The Morgan fingerprint density at radius 2 is 1.50 bits per heavy atom. The van der Waals surface area contributed by atoms with Crippen molar-refractivity contribution < 1.29 is 0 Å². The molecule has 0 spiro atoms. The Labute approximate surface area is 94.4 Å². The largest absolute Gasteiger partial charge is 0.382 e. The molecule has 1 heterocycles. The molecule has 1 aliphatic heterocycles. The van der Waals surface area contributed by atoms with Gasteiger partial charge >= 0.3 is 0 Å². The summed E-state index contributed by atoms with van der Waals surface area (Å²) in [4.78, 5) is 0. The van der Waals surface area contributed by atoms with Crippen LogP contribution in [0.1, 0.15) is 18.1 Å². The summed E-state index contributed by atoms with van der Waals surface area (Å²) in [5.41, 5.74) is 15.5. The molecule has 0 radical (unpaired) electrons. The lowest BCUT2D eigenvalue weighted by Crippen LogP contribution is -2.23. The normalized spacial score (nSPS) is 14.8. The van der Waals surface area contributed by atoms with Crippen molar-refractivity contribution in [3.8, 4) is 0 Å². The van der Waals surface area contributed by atoms with Crippen molar-refractivity contribution in [2.75, 3.05) is 0 Å². The third-order valence-corrected chi connectivity index (χ3v) is 2.64. The van der Waals surface area contributed by atoms with Gasteiger partial charge in [-0.25, -0.2) is 0 Å². The fraction of sp³-hybridized carbons (Fsp3) is 0.167. The number of allylic oxidation sites excluding steroid dienone is 1. The van der Waals surface area contributed by atoms with E-state index in [1.54, 1.807) is 0 Å². The molecule has 4 N–H and O–H groups in total. The molecule has 0 amide bonds. The van der Waals surface area contributed by atoms with Gasteiger partial charge in [0, 0.05) is 0 Å². The first-order valence-electron chi connectivity index (χ1n) is 5.05. The topological polar surface area (TPSA) is 76.8 Å². The van der Waals surface area contributed by atoms with Crippen LogP contribution in [0.2, 0.25) is 0 Å². The number of benzene rings is 1. The van der Waals surface area contributed by atoms with Gasteiger partial charge in [-0.2, -0.15) is 0 Å². The molecule has 2 rings (SSSR count). The highest BCUT2D eigenvalue weighted by atomic mass is 15.3. The van der Waals surface area contributed by atoms with Crippen molar-refractivity contribution in [2.24, 2.45) is 21.7 Å². The summed E-state index contributed by atoms with van der Waals surface area (Å²) in [7, 11) is 0. The average molecular weight is 214 g/mol. The van der Waals surface area contributed by atoms with Gasteiger partial charge in [0.15, 0.2) is 11.7 Å². The van der Waals surface area contributed by atoms with E-state index >= 15 is 0 Å². The van der Waals surface area contributed by atoms with Crippen LogP contribution >= 0.6 is 0 Å². The minimum Gasteiger partial charge on any atom is -0.382 e. The lowest BCUT2D eigenvalue weighted by Gasteiger charge is -2.07. The first kappa shape index (κ1) is 10.4. The van der Waals surface area contributed by atoms with Crippen LogP contribution < -0.4 is 11.5 Å². The van der Waals surface area contributed by atoms with Crippen LogP contribution in [0.5, 0.6) is 0 Å². The predicted octanol–water partition coefficient (Wildman–Crippen LogP) is 1.41. The van der Waals surface area contributed by atoms with Crippen molar-refractivity contribution in [3.63, 3.8) is 0 Å². The fourth-order valence-corrected chi connectivity index (χ4v) is 1.67. The molecule has 4 nitrogen and oxygen atoms in total. The Morgan fingerprint density at radius 1 is 1.00 bits per heavy atom. The second-order valence-corrected chi connectivity index (χ2v) is 3.84. The lowest BCUT2D eigenvalue weighted by molar-refractivity contribution is 1.25. The highest BCUT2D eigenvalue weighted by molar-refractivity contribution is 6.28. The van der Waals surface area contributed by atoms with Gasteiger partial charge in [0.25, 0.3) is 0 Å². The summed E-state index contributed by atoms with van der Waals surface area (Å²) in [5, 5.41) is 7.52. The molecule has 1 aromatic rings. The van der Waals surface area contributed by atoms with Gasteiger partial charge in [-0.3, -0.25) is 0 Å². The summed E-state index contributed by atoms with van der Waals surface area (Å²) in [6, 6.07) is 8.18. The minimum absolute atomic E-state index is 0.385. The lowest BCUT2D eigenvalue weighted by atomic mass is 9.99. The van der Waals surface area contributed by atoms with Crippen LogP contribution in [0.3, 0.4) is 0 Å². The van der Waals surface area contributed by atoms with E-state index < -0.39 is 0 Å². The zero-order valence-corrected chi connectivity index (χ0v) is 9.36. The molecule has 0 atom stereocenters. The van der Waals surface area contributed by atoms with Crippen molar-refractivity contribution in [2.45, 2.75) is 13.8 Å². The molecule has 1 aromatic carbocycles. The maximum atomic E-state index is 5.74. The number of hydrogen-bond donors (Lipinski definition) is 2. The molecule has 16 heavy (non-hydrogen) atoms. The van der Waals surface area contributed by atoms with Crippen LogP contribution in [-0.4, -0.2) is 11.7 Å². The first-order valence-corrected chi connectivity index (χ1v) is 5.05. The van der Waals surface area contributed by atoms with Gasteiger partial charge < -0.3 is 11.5 Å². The summed E-state index contributed by atoms with van der Waals surface area (Å²) < 4.78 is 0. The van der Waals surface area contributed by atoms with E-state index in [-0.39, 0.29) is 0 Å². The summed E-state index contributed by atoms with van der Waals surface area (Å²) in [6.07, 6.45) is 0. The summed E-state index contributed by atoms with van der Waals surface area (Å²) >= 11 is 0. The van der Waals surface area contributed by atoms with Crippen LogP contribution in [0.4, 0.5) is 0 Å². The highest BCUT2D eigenvalue weighted by Gasteiger charge is 2.17. The summed E-state index contributed by atoms with van der Waals surface area (Å²) in [5.74, 6) is 0.770. The van der Waals surface area contributed by atoms with Crippen molar-refractivity contribution in [1.29, 1.82) is 0 Å². The SMILES string of the molecule is CC(=C1C(N)=NN=C1N)c1ccc(C)cc1. The predicted molar refractivity (Wildman–Crippen MR) is 67.0 cm³/mol. The third-order valence-electron chi connectivity index (χ3n) is 2.64. The number of hydrogen-bond acceptors (Lipinski definition) is 4. The van der Waals surface area contributed by atoms with Crippen LogP contribution in [0.25, 0.3) is 5.57 Å². The van der Waals surface area contributed by atoms with Gasteiger partial charge in [-0.1, -0.05) is 29.8 Å². The van der Waals surface area contributed by atoms with Crippen LogP contribution in [0.15, 0.2) is 40.0 Å². The van der Waals surface area contributed by atoms with E-state index in [4.69, 9.17) is 11.5 Å². The Kier molecular flexibility index (Phi) is 2.48. The van der Waals surface area contributed by atoms with E-state index in [2.05, 4.69) is 22.3 Å².